The first-order valence-corrected chi connectivity index (χ1v) is 11.5. The van der Waals surface area contributed by atoms with Crippen molar-refractivity contribution >= 4 is 11.8 Å². The first kappa shape index (κ1) is 22.8. The van der Waals surface area contributed by atoms with Gasteiger partial charge in [0, 0.05) is 44.3 Å². The Morgan fingerprint density at radius 3 is 2.58 bits per heavy atom. The minimum atomic E-state index is -0.0311. The van der Waals surface area contributed by atoms with Crippen LogP contribution in [0.2, 0.25) is 0 Å². The van der Waals surface area contributed by atoms with Crippen LogP contribution in [-0.2, 0) is 17.8 Å². The van der Waals surface area contributed by atoms with Crippen LogP contribution in [0.3, 0.4) is 0 Å². The van der Waals surface area contributed by atoms with Crippen LogP contribution < -0.4 is 0 Å². The van der Waals surface area contributed by atoms with E-state index in [-0.39, 0.29) is 24.4 Å². The highest BCUT2D eigenvalue weighted by atomic mass is 16.2. The van der Waals surface area contributed by atoms with Crippen molar-refractivity contribution in [2.24, 2.45) is 5.92 Å². The standard InChI is InChI=1S/C25H32N6O2/c1-18-7-4-5-8-21(18)16-23(29(3)24(32)17-31-12-6-11-26-31)20-9-13-30(14-10-20)25(33)22-15-19(2)27-28-22/h4-8,11-12,15,20,23H,9-10,13-14,16-17H2,1-3H3,(H,27,28). The lowest BCUT2D eigenvalue weighted by atomic mass is 9.84. The molecule has 2 amide bonds. The summed E-state index contributed by atoms with van der Waals surface area (Å²) in [5.74, 6) is 0.320. The van der Waals surface area contributed by atoms with Crippen LogP contribution in [0.5, 0.6) is 0 Å². The number of likely N-dealkylation sites (tertiary alicyclic amines) is 1. The van der Waals surface area contributed by atoms with Crippen molar-refractivity contribution in [2.75, 3.05) is 20.1 Å². The summed E-state index contributed by atoms with van der Waals surface area (Å²) in [5.41, 5.74) is 3.83. The van der Waals surface area contributed by atoms with Crippen LogP contribution in [0.15, 0.2) is 48.8 Å². The molecule has 0 bridgehead atoms. The van der Waals surface area contributed by atoms with Crippen LogP contribution in [-0.4, -0.2) is 67.8 Å². The molecule has 0 spiro atoms. The molecule has 174 valence electrons. The highest BCUT2D eigenvalue weighted by molar-refractivity contribution is 5.92. The smallest absolute Gasteiger partial charge is 0.274 e. The zero-order valence-corrected chi connectivity index (χ0v) is 19.6. The average Bonchev–Trinajstić information content (AvgIpc) is 3.49. The van der Waals surface area contributed by atoms with E-state index in [1.807, 2.05) is 42.1 Å². The number of likely N-dealkylation sites (N-methyl/N-ethyl adjacent to an activating group) is 1. The van der Waals surface area contributed by atoms with Gasteiger partial charge in [-0.15, -0.1) is 0 Å². The predicted molar refractivity (Wildman–Crippen MR) is 126 cm³/mol. The third-order valence-electron chi connectivity index (χ3n) is 6.73. The molecule has 1 atom stereocenters. The first-order valence-electron chi connectivity index (χ1n) is 11.5. The number of rotatable bonds is 7. The zero-order valence-electron chi connectivity index (χ0n) is 19.6. The topological polar surface area (TPSA) is 87.1 Å². The highest BCUT2D eigenvalue weighted by Crippen LogP contribution is 2.28. The number of hydrogen-bond donors (Lipinski definition) is 1. The minimum Gasteiger partial charge on any atom is -0.341 e. The summed E-state index contributed by atoms with van der Waals surface area (Å²) >= 11 is 0. The fourth-order valence-electron chi connectivity index (χ4n) is 4.69. The monoisotopic (exact) mass is 448 g/mol. The number of aryl methyl sites for hydroxylation is 2. The number of hydrogen-bond acceptors (Lipinski definition) is 4. The van der Waals surface area contributed by atoms with Crippen molar-refractivity contribution in [1.29, 1.82) is 0 Å². The number of carbonyl (C=O) groups is 2. The van der Waals surface area contributed by atoms with Gasteiger partial charge in [-0.1, -0.05) is 24.3 Å². The highest BCUT2D eigenvalue weighted by Gasteiger charge is 2.33. The SMILES string of the molecule is Cc1cc(C(=O)N2CCC(C(Cc3ccccc3C)N(C)C(=O)Cn3cccn3)CC2)n[nH]1. The third kappa shape index (κ3) is 5.32. The lowest BCUT2D eigenvalue weighted by Gasteiger charge is -2.40. The van der Waals surface area contributed by atoms with Crippen LogP contribution in [0.25, 0.3) is 0 Å². The Morgan fingerprint density at radius 2 is 1.94 bits per heavy atom. The lowest BCUT2D eigenvalue weighted by molar-refractivity contribution is -0.134. The number of nitrogens with one attached hydrogen (secondary N) is 1. The summed E-state index contributed by atoms with van der Waals surface area (Å²) < 4.78 is 1.66. The maximum atomic E-state index is 13.1. The molecule has 3 aromatic rings. The van der Waals surface area contributed by atoms with Crippen molar-refractivity contribution in [3.05, 3.63) is 71.3 Å². The molecule has 0 saturated carbocycles. The molecule has 1 N–H and O–H groups in total. The van der Waals surface area contributed by atoms with Crippen LogP contribution in [0, 0.1) is 19.8 Å². The predicted octanol–water partition coefficient (Wildman–Crippen LogP) is 2.85. The van der Waals surface area contributed by atoms with Gasteiger partial charge < -0.3 is 9.80 Å². The number of benzene rings is 1. The Balaban J connectivity index is 1.47. The summed E-state index contributed by atoms with van der Waals surface area (Å²) in [5, 5.41) is 11.1. The van der Waals surface area contributed by atoms with Gasteiger partial charge in [0.2, 0.25) is 5.91 Å². The molecular weight excluding hydrogens is 416 g/mol. The van der Waals surface area contributed by atoms with E-state index in [2.05, 4.69) is 40.4 Å². The fraction of sp³-hybridized carbons (Fsp3) is 0.440. The second-order valence-electron chi connectivity index (χ2n) is 8.97. The van der Waals surface area contributed by atoms with Gasteiger partial charge in [0.1, 0.15) is 12.2 Å². The van der Waals surface area contributed by atoms with Gasteiger partial charge in [-0.25, -0.2) is 0 Å². The van der Waals surface area contributed by atoms with Crippen LogP contribution in [0.4, 0.5) is 0 Å². The van der Waals surface area contributed by atoms with Gasteiger partial charge >= 0.3 is 0 Å². The van der Waals surface area contributed by atoms with E-state index in [1.54, 1.807) is 16.9 Å². The summed E-state index contributed by atoms with van der Waals surface area (Å²) in [6.07, 6.45) is 6.00. The molecule has 1 aliphatic rings. The van der Waals surface area contributed by atoms with Crippen molar-refractivity contribution < 1.29 is 9.59 Å². The largest absolute Gasteiger partial charge is 0.341 e. The Morgan fingerprint density at radius 1 is 1.18 bits per heavy atom. The number of amides is 2. The van der Waals surface area contributed by atoms with Crippen molar-refractivity contribution in [2.45, 2.75) is 45.7 Å². The molecule has 4 rings (SSSR count). The molecule has 1 fully saturated rings. The molecule has 8 heteroatoms. The van der Waals surface area contributed by atoms with Gasteiger partial charge in [0.15, 0.2) is 0 Å². The molecule has 3 heterocycles. The molecule has 1 aliphatic heterocycles. The molecule has 33 heavy (non-hydrogen) atoms. The minimum absolute atomic E-state index is 0.0311. The van der Waals surface area contributed by atoms with E-state index in [1.165, 1.54) is 11.1 Å². The zero-order chi connectivity index (χ0) is 23.4. The number of piperidine rings is 1. The number of aromatic amines is 1. The van der Waals surface area contributed by atoms with Crippen molar-refractivity contribution in [1.82, 2.24) is 29.8 Å². The maximum absolute atomic E-state index is 13.1. The maximum Gasteiger partial charge on any atom is 0.274 e. The summed E-state index contributed by atoms with van der Waals surface area (Å²) in [4.78, 5) is 29.7. The number of carbonyl (C=O) groups excluding carboxylic acids is 2. The molecule has 1 aromatic carbocycles. The third-order valence-corrected chi connectivity index (χ3v) is 6.73. The molecule has 0 radical (unpaired) electrons. The second kappa shape index (κ2) is 10.0. The first-order chi connectivity index (χ1) is 15.9. The van der Waals surface area contributed by atoms with Gasteiger partial charge in [0.05, 0.1) is 0 Å². The fourth-order valence-corrected chi connectivity index (χ4v) is 4.69. The molecular formula is C25H32N6O2. The number of aromatic nitrogens is 4. The van der Waals surface area contributed by atoms with Gasteiger partial charge in [-0.3, -0.25) is 19.4 Å². The number of nitrogens with zero attached hydrogens (tertiary/aromatic N) is 5. The van der Waals surface area contributed by atoms with Crippen molar-refractivity contribution in [3.8, 4) is 0 Å². The van der Waals surface area contributed by atoms with Crippen LogP contribution >= 0.6 is 0 Å². The molecule has 1 unspecified atom stereocenters. The van der Waals surface area contributed by atoms with E-state index in [0.29, 0.717) is 24.7 Å². The van der Waals surface area contributed by atoms with E-state index >= 15 is 0 Å². The molecule has 1 saturated heterocycles. The van der Waals surface area contributed by atoms with Crippen LogP contribution in [0.1, 0.15) is 40.2 Å². The van der Waals surface area contributed by atoms with E-state index < -0.39 is 0 Å². The van der Waals surface area contributed by atoms with Gasteiger partial charge in [-0.2, -0.15) is 10.2 Å². The van der Waals surface area contributed by atoms with E-state index in [4.69, 9.17) is 0 Å². The second-order valence-corrected chi connectivity index (χ2v) is 8.97. The summed E-state index contributed by atoms with van der Waals surface area (Å²) in [6.45, 7) is 5.57. The molecule has 2 aromatic heterocycles. The number of H-pyrrole nitrogens is 1. The van der Waals surface area contributed by atoms with Gasteiger partial charge in [-0.05, 0) is 62.3 Å². The van der Waals surface area contributed by atoms with Crippen molar-refractivity contribution in [3.63, 3.8) is 0 Å². The molecule has 8 nitrogen and oxygen atoms in total. The Kier molecular flexibility index (Phi) is 6.91. The normalized spacial score (nSPS) is 15.4. The summed E-state index contributed by atoms with van der Waals surface area (Å²) in [7, 11) is 1.90. The average molecular weight is 449 g/mol. The molecule has 0 aliphatic carbocycles. The van der Waals surface area contributed by atoms with E-state index in [9.17, 15) is 9.59 Å². The Bertz CT molecular complexity index is 1080. The quantitative estimate of drug-likeness (QED) is 0.602. The van der Waals surface area contributed by atoms with E-state index in [0.717, 1.165) is 25.0 Å². The lowest BCUT2D eigenvalue weighted by Crippen LogP contribution is -2.49. The van der Waals surface area contributed by atoms with Gasteiger partial charge in [0.25, 0.3) is 5.91 Å². The summed E-state index contributed by atoms with van der Waals surface area (Å²) in [6, 6.07) is 12.0. The Hall–Kier alpha value is -3.42. The Labute approximate surface area is 194 Å².